The number of nitriles is 1. The molecule has 0 spiro atoms. The van der Waals surface area contributed by atoms with Crippen LogP contribution in [0.4, 0.5) is 5.69 Å². The number of carbonyl (C=O) groups excluding carboxylic acids is 1. The van der Waals surface area contributed by atoms with Gasteiger partial charge >= 0.3 is 0 Å². The number of hydrogen-bond donors (Lipinski definition) is 2. The highest BCUT2D eigenvalue weighted by molar-refractivity contribution is 6.31. The van der Waals surface area contributed by atoms with Crippen LogP contribution in [0, 0.1) is 11.3 Å². The molecule has 5 nitrogen and oxygen atoms in total. The van der Waals surface area contributed by atoms with Crippen molar-refractivity contribution in [2.24, 2.45) is 0 Å². The molecule has 1 aliphatic heterocycles. The lowest BCUT2D eigenvalue weighted by atomic mass is 10.2. The zero-order valence-electron chi connectivity index (χ0n) is 11.0. The van der Waals surface area contributed by atoms with Gasteiger partial charge in [0.05, 0.1) is 24.4 Å². The summed E-state index contributed by atoms with van der Waals surface area (Å²) in [6.45, 7) is 1.08. The average Bonchev–Trinajstić information content (AvgIpc) is 2.86. The Bertz CT molecular complexity index is 542. The number of amides is 1. The number of halogens is 1. The number of aliphatic hydroxyl groups is 1. The second kappa shape index (κ2) is 6.71. The van der Waals surface area contributed by atoms with Crippen LogP contribution in [0.25, 0.3) is 0 Å². The molecule has 0 aliphatic carbocycles. The lowest BCUT2D eigenvalue weighted by molar-refractivity contribution is -0.117. The summed E-state index contributed by atoms with van der Waals surface area (Å²) in [4.78, 5) is 14.0. The molecule has 1 aromatic rings. The molecular weight excluding hydrogens is 278 g/mol. The Kier molecular flexibility index (Phi) is 4.96. The van der Waals surface area contributed by atoms with Crippen LogP contribution < -0.4 is 5.32 Å². The molecule has 1 saturated heterocycles. The van der Waals surface area contributed by atoms with E-state index in [9.17, 15) is 9.90 Å². The second-order valence-electron chi connectivity index (χ2n) is 4.80. The Morgan fingerprint density at radius 1 is 1.60 bits per heavy atom. The Hall–Kier alpha value is -1.61. The van der Waals surface area contributed by atoms with Gasteiger partial charge in [-0.2, -0.15) is 5.26 Å². The van der Waals surface area contributed by atoms with Gasteiger partial charge in [0, 0.05) is 11.1 Å². The number of benzene rings is 1. The van der Waals surface area contributed by atoms with E-state index in [0.29, 0.717) is 16.3 Å². The molecular formula is C14H16ClN3O2. The van der Waals surface area contributed by atoms with E-state index >= 15 is 0 Å². The molecule has 1 fully saturated rings. The van der Waals surface area contributed by atoms with Gasteiger partial charge in [-0.1, -0.05) is 11.6 Å². The van der Waals surface area contributed by atoms with E-state index < -0.39 is 0 Å². The molecule has 0 bridgehead atoms. The summed E-state index contributed by atoms with van der Waals surface area (Å²) in [7, 11) is 0. The topological polar surface area (TPSA) is 76.4 Å². The predicted molar refractivity (Wildman–Crippen MR) is 76.5 cm³/mol. The molecule has 106 valence electrons. The molecule has 1 aliphatic rings. The Morgan fingerprint density at radius 3 is 3.10 bits per heavy atom. The standard InChI is InChI=1S/C14H16ClN3O2/c15-11-4-3-10(7-16)13(6-11)17-14(20)8-18-5-1-2-12(18)9-19/h3-4,6,12,19H,1-2,5,8-9H2,(H,17,20)/t12-/m1/s1. The Labute approximate surface area is 122 Å². The summed E-state index contributed by atoms with van der Waals surface area (Å²) >= 11 is 5.87. The van der Waals surface area contributed by atoms with Crippen LogP contribution in [0.5, 0.6) is 0 Å². The maximum absolute atomic E-state index is 12.0. The molecule has 1 atom stereocenters. The first kappa shape index (κ1) is 14.8. The third kappa shape index (κ3) is 3.48. The van der Waals surface area contributed by atoms with E-state index in [1.807, 2.05) is 11.0 Å². The normalized spacial score (nSPS) is 18.8. The minimum Gasteiger partial charge on any atom is -0.395 e. The van der Waals surface area contributed by atoms with E-state index in [0.717, 1.165) is 19.4 Å². The van der Waals surface area contributed by atoms with Crippen molar-refractivity contribution in [1.29, 1.82) is 5.26 Å². The third-order valence-electron chi connectivity index (χ3n) is 3.43. The highest BCUT2D eigenvalue weighted by Gasteiger charge is 2.25. The van der Waals surface area contributed by atoms with Crippen LogP contribution in [0.1, 0.15) is 18.4 Å². The molecule has 0 aromatic heterocycles. The molecule has 0 radical (unpaired) electrons. The molecule has 1 aromatic carbocycles. The van der Waals surface area contributed by atoms with Crippen molar-refractivity contribution in [2.45, 2.75) is 18.9 Å². The van der Waals surface area contributed by atoms with Gasteiger partial charge in [0.25, 0.3) is 0 Å². The zero-order chi connectivity index (χ0) is 14.5. The van der Waals surface area contributed by atoms with Gasteiger partial charge in [-0.15, -0.1) is 0 Å². The SMILES string of the molecule is N#Cc1ccc(Cl)cc1NC(=O)CN1CCC[C@@H]1CO. The fourth-order valence-electron chi connectivity index (χ4n) is 2.40. The van der Waals surface area contributed by atoms with E-state index in [-0.39, 0.29) is 25.1 Å². The first-order valence-corrected chi connectivity index (χ1v) is 6.86. The molecule has 0 saturated carbocycles. The minimum absolute atomic E-state index is 0.0514. The maximum atomic E-state index is 12.0. The third-order valence-corrected chi connectivity index (χ3v) is 3.67. The van der Waals surface area contributed by atoms with Crippen molar-refractivity contribution in [1.82, 2.24) is 4.90 Å². The Balaban J connectivity index is 2.01. The molecule has 0 unspecified atom stereocenters. The van der Waals surface area contributed by atoms with Crippen molar-refractivity contribution >= 4 is 23.2 Å². The van der Waals surface area contributed by atoms with Crippen LogP contribution in [-0.4, -0.2) is 41.7 Å². The summed E-state index contributed by atoms with van der Waals surface area (Å²) in [6, 6.07) is 6.81. The second-order valence-corrected chi connectivity index (χ2v) is 5.24. The fourth-order valence-corrected chi connectivity index (χ4v) is 2.57. The van der Waals surface area contributed by atoms with Gasteiger partial charge in [0.2, 0.25) is 5.91 Å². The molecule has 2 rings (SSSR count). The van der Waals surface area contributed by atoms with E-state index in [2.05, 4.69) is 5.32 Å². The van der Waals surface area contributed by atoms with Crippen LogP contribution in [0.2, 0.25) is 5.02 Å². The number of nitrogens with one attached hydrogen (secondary N) is 1. The monoisotopic (exact) mass is 293 g/mol. The van der Waals surface area contributed by atoms with Gasteiger partial charge in [-0.25, -0.2) is 0 Å². The first-order valence-electron chi connectivity index (χ1n) is 6.48. The van der Waals surface area contributed by atoms with Crippen molar-refractivity contribution in [2.75, 3.05) is 25.0 Å². The lowest BCUT2D eigenvalue weighted by Crippen LogP contribution is -2.38. The van der Waals surface area contributed by atoms with Gasteiger partial charge in [-0.3, -0.25) is 9.69 Å². The van der Waals surface area contributed by atoms with Crippen LogP contribution in [0.15, 0.2) is 18.2 Å². The smallest absolute Gasteiger partial charge is 0.238 e. The lowest BCUT2D eigenvalue weighted by Gasteiger charge is -2.21. The van der Waals surface area contributed by atoms with Crippen LogP contribution >= 0.6 is 11.6 Å². The van der Waals surface area contributed by atoms with Crippen molar-refractivity contribution in [3.8, 4) is 6.07 Å². The molecule has 2 N–H and O–H groups in total. The number of hydrogen-bond acceptors (Lipinski definition) is 4. The number of rotatable bonds is 4. The van der Waals surface area contributed by atoms with Crippen molar-refractivity contribution in [3.05, 3.63) is 28.8 Å². The molecule has 1 heterocycles. The van der Waals surface area contributed by atoms with Crippen molar-refractivity contribution < 1.29 is 9.90 Å². The summed E-state index contributed by atoms with van der Waals surface area (Å²) in [5.74, 6) is -0.205. The highest BCUT2D eigenvalue weighted by atomic mass is 35.5. The first-order chi connectivity index (χ1) is 9.63. The molecule has 1 amide bonds. The molecule has 6 heteroatoms. The van der Waals surface area contributed by atoms with E-state index in [4.69, 9.17) is 16.9 Å². The van der Waals surface area contributed by atoms with Gasteiger partial charge < -0.3 is 10.4 Å². The molecule has 20 heavy (non-hydrogen) atoms. The fraction of sp³-hybridized carbons (Fsp3) is 0.429. The predicted octanol–water partition coefficient (Wildman–Crippen LogP) is 1.61. The number of anilines is 1. The Morgan fingerprint density at radius 2 is 2.40 bits per heavy atom. The summed E-state index contributed by atoms with van der Waals surface area (Å²) in [5, 5.41) is 21.4. The summed E-state index contributed by atoms with van der Waals surface area (Å²) in [5.41, 5.74) is 0.799. The largest absolute Gasteiger partial charge is 0.395 e. The van der Waals surface area contributed by atoms with Crippen molar-refractivity contribution in [3.63, 3.8) is 0 Å². The minimum atomic E-state index is -0.205. The quantitative estimate of drug-likeness (QED) is 0.884. The van der Waals surface area contributed by atoms with E-state index in [1.165, 1.54) is 0 Å². The van der Waals surface area contributed by atoms with Crippen LogP contribution in [0.3, 0.4) is 0 Å². The van der Waals surface area contributed by atoms with Crippen LogP contribution in [-0.2, 0) is 4.79 Å². The number of carbonyl (C=O) groups is 1. The van der Waals surface area contributed by atoms with Gasteiger partial charge in [0.15, 0.2) is 0 Å². The summed E-state index contributed by atoms with van der Waals surface area (Å²) < 4.78 is 0. The number of nitrogens with zero attached hydrogens (tertiary/aromatic N) is 2. The van der Waals surface area contributed by atoms with Gasteiger partial charge in [-0.05, 0) is 37.6 Å². The maximum Gasteiger partial charge on any atom is 0.238 e. The number of likely N-dealkylation sites (tertiary alicyclic amines) is 1. The zero-order valence-corrected chi connectivity index (χ0v) is 11.7. The van der Waals surface area contributed by atoms with E-state index in [1.54, 1.807) is 18.2 Å². The average molecular weight is 294 g/mol. The van der Waals surface area contributed by atoms with Gasteiger partial charge in [0.1, 0.15) is 6.07 Å². The highest BCUT2D eigenvalue weighted by Crippen LogP contribution is 2.21. The number of aliphatic hydroxyl groups excluding tert-OH is 1. The summed E-state index contributed by atoms with van der Waals surface area (Å²) in [6.07, 6.45) is 1.89.